The van der Waals surface area contributed by atoms with Crippen molar-refractivity contribution in [2.24, 2.45) is 5.41 Å². The van der Waals surface area contributed by atoms with Gasteiger partial charge in [-0.15, -0.1) is 0 Å². The van der Waals surface area contributed by atoms with Crippen LogP contribution in [0.2, 0.25) is 0 Å². The second-order valence-electron chi connectivity index (χ2n) is 6.74. The molecule has 0 aromatic carbocycles. The van der Waals surface area contributed by atoms with Crippen LogP contribution >= 0.6 is 0 Å². The third-order valence-corrected chi connectivity index (χ3v) is 4.14. The van der Waals surface area contributed by atoms with Crippen LogP contribution in [0.4, 0.5) is 4.79 Å². The Morgan fingerprint density at radius 3 is 2.36 bits per heavy atom. The molecule has 1 aliphatic rings. The van der Waals surface area contributed by atoms with E-state index in [2.05, 4.69) is 4.98 Å². The maximum atomic E-state index is 12.7. The second-order valence-corrected chi connectivity index (χ2v) is 6.74. The maximum Gasteiger partial charge on any atom is 0.407 e. The first-order chi connectivity index (χ1) is 10.2. The highest BCUT2D eigenvalue weighted by molar-refractivity contribution is 5.92. The van der Waals surface area contributed by atoms with Gasteiger partial charge in [-0.3, -0.25) is 9.78 Å². The molecule has 2 rings (SSSR count). The van der Waals surface area contributed by atoms with Gasteiger partial charge in [0.05, 0.1) is 12.1 Å². The Morgan fingerprint density at radius 1 is 1.23 bits per heavy atom. The van der Waals surface area contributed by atoms with Gasteiger partial charge in [-0.25, -0.2) is 4.79 Å². The van der Waals surface area contributed by atoms with Crippen LogP contribution in [0.5, 0.6) is 0 Å². The quantitative estimate of drug-likeness (QED) is 0.864. The van der Waals surface area contributed by atoms with Crippen molar-refractivity contribution >= 4 is 12.0 Å². The molecule has 1 aromatic rings. The summed E-state index contributed by atoms with van der Waals surface area (Å²) in [5.74, 6) is -0.146. The van der Waals surface area contributed by atoms with Crippen LogP contribution in [0.15, 0.2) is 24.4 Å². The van der Waals surface area contributed by atoms with Crippen molar-refractivity contribution in [2.75, 3.05) is 13.1 Å². The third kappa shape index (κ3) is 3.05. The molecule has 1 fully saturated rings. The Kier molecular flexibility index (Phi) is 4.39. The molecule has 2 heterocycles. The monoisotopic (exact) mass is 305 g/mol. The molecule has 6 nitrogen and oxygen atoms in total. The van der Waals surface area contributed by atoms with Crippen LogP contribution in [-0.4, -0.2) is 57.1 Å². The summed E-state index contributed by atoms with van der Waals surface area (Å²) in [4.78, 5) is 31.5. The van der Waals surface area contributed by atoms with E-state index in [9.17, 15) is 14.7 Å². The molecule has 1 aromatic heterocycles. The number of carbonyl (C=O) groups excluding carboxylic acids is 1. The highest BCUT2D eigenvalue weighted by Gasteiger charge is 2.44. The smallest absolute Gasteiger partial charge is 0.407 e. The lowest BCUT2D eigenvalue weighted by molar-refractivity contribution is -0.00916. The molecule has 0 bridgehead atoms. The van der Waals surface area contributed by atoms with E-state index in [1.807, 2.05) is 27.7 Å². The topological polar surface area (TPSA) is 73.7 Å². The van der Waals surface area contributed by atoms with E-state index in [0.29, 0.717) is 18.8 Å². The number of pyridine rings is 1. The summed E-state index contributed by atoms with van der Waals surface area (Å²) in [7, 11) is 0. The Bertz CT molecular complexity index is 554. The van der Waals surface area contributed by atoms with Crippen molar-refractivity contribution in [3.8, 4) is 0 Å². The first-order valence-corrected chi connectivity index (χ1v) is 7.45. The average Bonchev–Trinajstić information content (AvgIpc) is 2.45. The number of carboxylic acid groups (broad SMARTS) is 1. The van der Waals surface area contributed by atoms with Crippen LogP contribution < -0.4 is 0 Å². The maximum absolute atomic E-state index is 12.7. The summed E-state index contributed by atoms with van der Waals surface area (Å²) in [6.07, 6.45) is 0.656. The molecule has 0 aliphatic carbocycles. The van der Waals surface area contributed by atoms with E-state index < -0.39 is 6.09 Å². The lowest BCUT2D eigenvalue weighted by atomic mass is 9.80. The van der Waals surface area contributed by atoms with Crippen LogP contribution in [-0.2, 0) is 0 Å². The van der Waals surface area contributed by atoms with Crippen molar-refractivity contribution in [3.05, 3.63) is 30.1 Å². The fraction of sp³-hybridized carbons (Fsp3) is 0.562. The number of hydrogen-bond acceptors (Lipinski definition) is 3. The Labute approximate surface area is 130 Å². The van der Waals surface area contributed by atoms with Gasteiger partial charge in [0.1, 0.15) is 5.69 Å². The number of hydrogen-bond donors (Lipinski definition) is 1. The van der Waals surface area contributed by atoms with Crippen molar-refractivity contribution in [2.45, 2.75) is 39.8 Å². The fourth-order valence-electron chi connectivity index (χ4n) is 3.32. The number of amides is 2. The van der Waals surface area contributed by atoms with Gasteiger partial charge in [-0.1, -0.05) is 26.8 Å². The molecule has 0 spiro atoms. The third-order valence-electron chi connectivity index (χ3n) is 4.14. The minimum Gasteiger partial charge on any atom is -0.465 e. The van der Waals surface area contributed by atoms with Crippen LogP contribution in [0.25, 0.3) is 0 Å². The molecule has 2 atom stereocenters. The summed E-state index contributed by atoms with van der Waals surface area (Å²) in [6.45, 7) is 8.61. The number of carbonyl (C=O) groups is 2. The largest absolute Gasteiger partial charge is 0.465 e. The molecule has 1 unspecified atom stereocenters. The van der Waals surface area contributed by atoms with E-state index in [4.69, 9.17) is 0 Å². The minimum atomic E-state index is -0.934. The molecule has 0 saturated carbocycles. The standard InChI is InChI=1S/C16H23N3O3/c1-11-13(16(2,3)4)19(15(21)22)10-9-18(11)14(20)12-7-5-6-8-17-12/h5-8,11,13H,9-10H2,1-4H3,(H,21,22)/t11-,13?/m0/s1. The van der Waals surface area contributed by atoms with E-state index in [0.717, 1.165) is 0 Å². The van der Waals surface area contributed by atoms with Crippen LogP contribution in [0.1, 0.15) is 38.2 Å². The van der Waals surface area contributed by atoms with Gasteiger partial charge in [-0.2, -0.15) is 0 Å². The van der Waals surface area contributed by atoms with E-state index in [-0.39, 0.29) is 23.4 Å². The number of rotatable bonds is 1. The predicted molar refractivity (Wildman–Crippen MR) is 82.7 cm³/mol. The van der Waals surface area contributed by atoms with Crippen LogP contribution in [0, 0.1) is 5.41 Å². The second kappa shape index (κ2) is 5.94. The average molecular weight is 305 g/mol. The fourth-order valence-corrected chi connectivity index (χ4v) is 3.32. The van der Waals surface area contributed by atoms with E-state index in [1.165, 1.54) is 4.90 Å². The molecule has 1 N–H and O–H groups in total. The molecular weight excluding hydrogens is 282 g/mol. The number of nitrogens with zero attached hydrogens (tertiary/aromatic N) is 3. The van der Waals surface area contributed by atoms with Crippen molar-refractivity contribution < 1.29 is 14.7 Å². The van der Waals surface area contributed by atoms with Crippen molar-refractivity contribution in [3.63, 3.8) is 0 Å². The normalized spacial score (nSPS) is 22.5. The number of piperazine rings is 1. The Balaban J connectivity index is 2.29. The highest BCUT2D eigenvalue weighted by atomic mass is 16.4. The SMILES string of the molecule is C[C@H]1C(C(C)(C)C)N(C(=O)O)CCN1C(=O)c1ccccn1. The molecule has 120 valence electrons. The molecular formula is C16H23N3O3. The van der Waals surface area contributed by atoms with Gasteiger partial charge >= 0.3 is 6.09 Å². The van der Waals surface area contributed by atoms with Gasteiger partial charge in [0, 0.05) is 19.3 Å². The molecule has 22 heavy (non-hydrogen) atoms. The predicted octanol–water partition coefficient (Wildman–Crippen LogP) is 2.32. The van der Waals surface area contributed by atoms with Gasteiger partial charge in [-0.05, 0) is 24.5 Å². The molecule has 2 amide bonds. The summed E-state index contributed by atoms with van der Waals surface area (Å²) in [6, 6.07) is 4.76. The van der Waals surface area contributed by atoms with E-state index in [1.54, 1.807) is 29.3 Å². The first-order valence-electron chi connectivity index (χ1n) is 7.45. The zero-order valence-electron chi connectivity index (χ0n) is 13.5. The molecule has 1 saturated heterocycles. The summed E-state index contributed by atoms with van der Waals surface area (Å²) in [5, 5.41) is 9.44. The Morgan fingerprint density at radius 2 is 1.86 bits per heavy atom. The van der Waals surface area contributed by atoms with E-state index >= 15 is 0 Å². The zero-order valence-corrected chi connectivity index (χ0v) is 13.5. The van der Waals surface area contributed by atoms with Crippen molar-refractivity contribution in [1.29, 1.82) is 0 Å². The van der Waals surface area contributed by atoms with Gasteiger partial charge < -0.3 is 14.9 Å². The minimum absolute atomic E-state index is 0.146. The van der Waals surface area contributed by atoms with Crippen LogP contribution in [0.3, 0.4) is 0 Å². The summed E-state index contributed by atoms with van der Waals surface area (Å²) < 4.78 is 0. The van der Waals surface area contributed by atoms with Gasteiger partial charge in [0.15, 0.2) is 0 Å². The van der Waals surface area contributed by atoms with Gasteiger partial charge in [0.2, 0.25) is 0 Å². The van der Waals surface area contributed by atoms with Gasteiger partial charge in [0.25, 0.3) is 5.91 Å². The molecule has 1 aliphatic heterocycles. The molecule has 0 radical (unpaired) electrons. The Hall–Kier alpha value is -2.11. The van der Waals surface area contributed by atoms with Crippen molar-refractivity contribution in [1.82, 2.24) is 14.8 Å². The lowest BCUT2D eigenvalue weighted by Gasteiger charge is -2.50. The summed E-state index contributed by atoms with van der Waals surface area (Å²) >= 11 is 0. The highest BCUT2D eigenvalue weighted by Crippen LogP contribution is 2.32. The first kappa shape index (κ1) is 16.3. The number of aromatic nitrogens is 1. The zero-order chi connectivity index (χ0) is 16.5. The summed E-state index contributed by atoms with van der Waals surface area (Å²) in [5.41, 5.74) is 0.131. The lowest BCUT2D eigenvalue weighted by Crippen LogP contribution is -2.65. The molecule has 6 heteroatoms.